The van der Waals surface area contributed by atoms with Gasteiger partial charge in [-0.05, 0) is 24.3 Å². The lowest BCUT2D eigenvalue weighted by atomic mass is 10.2. The highest BCUT2D eigenvalue weighted by molar-refractivity contribution is 5.87. The van der Waals surface area contributed by atoms with Crippen molar-refractivity contribution in [3.63, 3.8) is 0 Å². The van der Waals surface area contributed by atoms with Crippen molar-refractivity contribution in [3.8, 4) is 0 Å². The molecule has 0 aromatic heterocycles. The van der Waals surface area contributed by atoms with Gasteiger partial charge in [0.15, 0.2) is 0 Å². The highest BCUT2D eigenvalue weighted by Crippen LogP contribution is 2.22. The highest BCUT2D eigenvalue weighted by atomic mass is 16.1. The highest BCUT2D eigenvalue weighted by Gasteiger charge is 2.03. The first-order valence-corrected chi connectivity index (χ1v) is 5.72. The molecule has 0 fully saturated rings. The number of para-hydroxylation sites is 2. The standard InChI is InChI=1S/C13H12N2.2CHNO/c14-11-15(12-7-3-1-4-8-12)13-9-5-2-6-10-13;2*2-1-3/h1-11,14H;2*2H. The number of carbonyl (C=O) groups excluding carboxylic acids is 2. The molecule has 0 unspecified atom stereocenters. The Morgan fingerprint density at radius 2 is 1.05 bits per heavy atom. The zero-order chi connectivity index (χ0) is 15.9. The SMILES string of the molecule is N=C=O.N=C=O.N=CN(c1ccccc1)c1ccccc1. The molecule has 6 nitrogen and oxygen atoms in total. The van der Waals surface area contributed by atoms with Crippen LogP contribution in [0.4, 0.5) is 11.4 Å². The van der Waals surface area contributed by atoms with E-state index in [0.717, 1.165) is 23.5 Å². The molecule has 0 aliphatic carbocycles. The monoisotopic (exact) mass is 282 g/mol. The minimum absolute atomic E-state index is 0.750. The van der Waals surface area contributed by atoms with E-state index in [1.807, 2.05) is 65.6 Å². The fraction of sp³-hybridized carbons (Fsp3) is 0. The van der Waals surface area contributed by atoms with Crippen molar-refractivity contribution in [3.05, 3.63) is 60.7 Å². The summed E-state index contributed by atoms with van der Waals surface area (Å²) in [5.74, 6) is 0. The van der Waals surface area contributed by atoms with Gasteiger partial charge in [0.05, 0.1) is 6.34 Å². The Morgan fingerprint density at radius 1 is 0.762 bits per heavy atom. The van der Waals surface area contributed by atoms with E-state index in [1.165, 1.54) is 6.34 Å². The van der Waals surface area contributed by atoms with Crippen LogP contribution in [0.3, 0.4) is 0 Å². The summed E-state index contributed by atoms with van der Waals surface area (Å²) in [6, 6.07) is 19.7. The summed E-state index contributed by atoms with van der Waals surface area (Å²) >= 11 is 0. The van der Waals surface area contributed by atoms with Crippen molar-refractivity contribution < 1.29 is 9.59 Å². The number of isocyanates is 2. The van der Waals surface area contributed by atoms with E-state index < -0.39 is 0 Å². The molecule has 2 aromatic carbocycles. The first-order chi connectivity index (χ1) is 10.2. The van der Waals surface area contributed by atoms with Gasteiger partial charge in [-0.25, -0.2) is 20.4 Å². The van der Waals surface area contributed by atoms with Crippen LogP contribution in [0.15, 0.2) is 60.7 Å². The van der Waals surface area contributed by atoms with Crippen LogP contribution in [-0.4, -0.2) is 18.5 Å². The van der Waals surface area contributed by atoms with Gasteiger partial charge in [-0.3, -0.25) is 5.41 Å². The largest absolute Gasteiger partial charge is 0.302 e. The molecule has 106 valence electrons. The zero-order valence-corrected chi connectivity index (χ0v) is 11.1. The molecule has 0 saturated carbocycles. The van der Waals surface area contributed by atoms with E-state index in [2.05, 4.69) is 0 Å². The second-order valence-corrected chi connectivity index (χ2v) is 3.37. The number of rotatable bonds is 3. The van der Waals surface area contributed by atoms with Crippen LogP contribution in [-0.2, 0) is 9.59 Å². The fourth-order valence-corrected chi connectivity index (χ4v) is 1.48. The summed E-state index contributed by atoms with van der Waals surface area (Å²) in [7, 11) is 0. The predicted molar refractivity (Wildman–Crippen MR) is 80.6 cm³/mol. The Kier molecular flexibility index (Phi) is 9.88. The van der Waals surface area contributed by atoms with Gasteiger partial charge in [-0.2, -0.15) is 0 Å². The van der Waals surface area contributed by atoms with Crippen LogP contribution in [0.1, 0.15) is 0 Å². The first kappa shape index (κ1) is 17.7. The lowest BCUT2D eigenvalue weighted by Gasteiger charge is -2.18. The molecule has 2 aromatic rings. The third kappa shape index (κ3) is 6.98. The summed E-state index contributed by atoms with van der Waals surface area (Å²) < 4.78 is 0. The molecule has 0 heterocycles. The predicted octanol–water partition coefficient (Wildman–Crippen LogP) is 3.23. The molecule has 21 heavy (non-hydrogen) atoms. The molecular formula is C15H14N4O2. The smallest absolute Gasteiger partial charge is 0.231 e. The van der Waals surface area contributed by atoms with E-state index >= 15 is 0 Å². The number of hydrogen-bond donors (Lipinski definition) is 3. The number of benzene rings is 2. The van der Waals surface area contributed by atoms with E-state index in [1.54, 1.807) is 0 Å². The van der Waals surface area contributed by atoms with E-state index in [-0.39, 0.29) is 0 Å². The number of nitrogens with zero attached hydrogens (tertiary/aromatic N) is 1. The maximum absolute atomic E-state index is 8.35. The summed E-state index contributed by atoms with van der Waals surface area (Å²) in [4.78, 5) is 18.5. The van der Waals surface area contributed by atoms with Gasteiger partial charge in [0, 0.05) is 11.4 Å². The minimum atomic E-state index is 0.750. The van der Waals surface area contributed by atoms with Gasteiger partial charge >= 0.3 is 0 Å². The minimum Gasteiger partial charge on any atom is -0.302 e. The summed E-state index contributed by atoms with van der Waals surface area (Å²) in [5, 5.41) is 18.2. The Balaban J connectivity index is 0.000000578. The molecule has 0 aliphatic rings. The average molecular weight is 282 g/mol. The number of hydrogen-bond acceptors (Lipinski definition) is 5. The summed E-state index contributed by atoms with van der Waals surface area (Å²) in [5.41, 5.74) is 2.00. The first-order valence-electron chi connectivity index (χ1n) is 5.72. The van der Waals surface area contributed by atoms with Crippen molar-refractivity contribution in [2.45, 2.75) is 0 Å². The molecule has 0 amide bonds. The van der Waals surface area contributed by atoms with Crippen molar-refractivity contribution in [2.24, 2.45) is 0 Å². The number of anilines is 2. The van der Waals surface area contributed by atoms with E-state index in [4.69, 9.17) is 25.8 Å². The van der Waals surface area contributed by atoms with Crippen LogP contribution in [0, 0.1) is 16.2 Å². The maximum atomic E-state index is 8.35. The zero-order valence-electron chi connectivity index (χ0n) is 11.1. The fourth-order valence-electron chi connectivity index (χ4n) is 1.48. The van der Waals surface area contributed by atoms with Gasteiger partial charge in [0.2, 0.25) is 12.2 Å². The Bertz CT molecular complexity index is 536. The van der Waals surface area contributed by atoms with Crippen molar-refractivity contribution in [2.75, 3.05) is 4.90 Å². The molecular weight excluding hydrogens is 268 g/mol. The average Bonchev–Trinajstić information content (AvgIpc) is 2.52. The van der Waals surface area contributed by atoms with Crippen LogP contribution in [0.25, 0.3) is 0 Å². The second-order valence-electron chi connectivity index (χ2n) is 3.37. The Hall–Kier alpha value is -3.33. The quantitative estimate of drug-likeness (QED) is 0.456. The van der Waals surface area contributed by atoms with Crippen molar-refractivity contribution in [1.29, 1.82) is 16.2 Å². The molecule has 6 heteroatoms. The Morgan fingerprint density at radius 3 is 1.29 bits per heavy atom. The lowest BCUT2D eigenvalue weighted by molar-refractivity contribution is 0.562. The molecule has 0 radical (unpaired) electrons. The summed E-state index contributed by atoms with van der Waals surface area (Å²) in [6.07, 6.45) is 2.82. The third-order valence-electron chi connectivity index (χ3n) is 2.20. The van der Waals surface area contributed by atoms with Crippen molar-refractivity contribution >= 4 is 29.9 Å². The van der Waals surface area contributed by atoms with Crippen LogP contribution < -0.4 is 4.90 Å². The number of nitrogens with one attached hydrogen (secondary N) is 3. The molecule has 0 atom stereocenters. The van der Waals surface area contributed by atoms with Gasteiger partial charge in [0.25, 0.3) is 0 Å². The molecule has 3 N–H and O–H groups in total. The topological polar surface area (TPSA) is 109 Å². The van der Waals surface area contributed by atoms with Crippen LogP contribution in [0.2, 0.25) is 0 Å². The van der Waals surface area contributed by atoms with Crippen molar-refractivity contribution in [1.82, 2.24) is 0 Å². The van der Waals surface area contributed by atoms with E-state index in [0.29, 0.717) is 0 Å². The summed E-state index contributed by atoms with van der Waals surface area (Å²) in [6.45, 7) is 0. The third-order valence-corrected chi connectivity index (χ3v) is 2.20. The molecule has 0 spiro atoms. The maximum Gasteiger partial charge on any atom is 0.231 e. The van der Waals surface area contributed by atoms with Crippen LogP contribution in [0.5, 0.6) is 0 Å². The van der Waals surface area contributed by atoms with E-state index in [9.17, 15) is 0 Å². The Labute approximate surface area is 122 Å². The molecule has 2 rings (SSSR count). The lowest BCUT2D eigenvalue weighted by Crippen LogP contribution is -2.12. The molecule has 0 aliphatic heterocycles. The van der Waals surface area contributed by atoms with Gasteiger partial charge in [-0.1, -0.05) is 36.4 Å². The molecule has 0 bridgehead atoms. The van der Waals surface area contributed by atoms with Gasteiger partial charge in [0.1, 0.15) is 0 Å². The normalized spacial score (nSPS) is 7.62. The van der Waals surface area contributed by atoms with Gasteiger partial charge < -0.3 is 4.90 Å². The second kappa shape index (κ2) is 11.7. The molecule has 0 saturated heterocycles. The van der Waals surface area contributed by atoms with Gasteiger partial charge in [-0.15, -0.1) is 0 Å². The van der Waals surface area contributed by atoms with Crippen LogP contribution >= 0.6 is 0 Å².